The Morgan fingerprint density at radius 3 is 2.94 bits per heavy atom. The molecule has 2 rings (SSSR count). The van der Waals surface area contributed by atoms with Crippen LogP contribution in [-0.2, 0) is 13.5 Å². The molecule has 1 fully saturated rings. The van der Waals surface area contributed by atoms with Gasteiger partial charge in [-0.15, -0.1) is 0 Å². The molecule has 0 aliphatic heterocycles. The van der Waals surface area contributed by atoms with Crippen LogP contribution in [0.2, 0.25) is 0 Å². The lowest BCUT2D eigenvalue weighted by molar-refractivity contribution is 0.200. The van der Waals surface area contributed by atoms with Gasteiger partial charge in [0.05, 0.1) is 6.20 Å². The highest BCUT2D eigenvalue weighted by atomic mass is 15.2. The van der Waals surface area contributed by atoms with Crippen LogP contribution in [0, 0.1) is 11.8 Å². The molecule has 2 N–H and O–H groups in total. The first-order valence-electron chi connectivity index (χ1n) is 7.23. The SMILES string of the molecule is CC(C)CC1CCCC(N)(Cc2cnn(C)c2)C1. The Kier molecular flexibility index (Phi) is 4.10. The maximum Gasteiger partial charge on any atom is 0.0522 e. The largest absolute Gasteiger partial charge is 0.325 e. The highest BCUT2D eigenvalue weighted by Crippen LogP contribution is 2.36. The molecule has 0 amide bonds. The van der Waals surface area contributed by atoms with E-state index in [2.05, 4.69) is 25.1 Å². The van der Waals surface area contributed by atoms with Crippen LogP contribution in [0.5, 0.6) is 0 Å². The molecule has 0 spiro atoms. The van der Waals surface area contributed by atoms with Crippen LogP contribution in [0.25, 0.3) is 0 Å². The van der Waals surface area contributed by atoms with Gasteiger partial charge in [0, 0.05) is 18.8 Å². The molecule has 3 nitrogen and oxygen atoms in total. The molecule has 18 heavy (non-hydrogen) atoms. The maximum absolute atomic E-state index is 6.63. The molecule has 1 heterocycles. The first-order valence-corrected chi connectivity index (χ1v) is 7.23. The molecule has 2 unspecified atom stereocenters. The average molecular weight is 249 g/mol. The summed E-state index contributed by atoms with van der Waals surface area (Å²) in [5.41, 5.74) is 7.91. The van der Waals surface area contributed by atoms with E-state index < -0.39 is 0 Å². The lowest BCUT2D eigenvalue weighted by atomic mass is 9.71. The molecule has 0 aromatic carbocycles. The van der Waals surface area contributed by atoms with Gasteiger partial charge in [0.15, 0.2) is 0 Å². The quantitative estimate of drug-likeness (QED) is 0.891. The lowest BCUT2D eigenvalue weighted by Crippen LogP contribution is -2.46. The molecule has 2 atom stereocenters. The minimum atomic E-state index is 0.000833. The van der Waals surface area contributed by atoms with E-state index in [1.807, 2.05) is 17.9 Å². The number of rotatable bonds is 4. The second-order valence-electron chi connectivity index (χ2n) is 6.65. The fourth-order valence-electron chi connectivity index (χ4n) is 3.52. The predicted octanol–water partition coefficient (Wildman–Crippen LogP) is 2.90. The smallest absolute Gasteiger partial charge is 0.0522 e. The van der Waals surface area contributed by atoms with Gasteiger partial charge in [-0.05, 0) is 43.1 Å². The van der Waals surface area contributed by atoms with Crippen molar-refractivity contribution in [1.29, 1.82) is 0 Å². The Hall–Kier alpha value is -0.830. The van der Waals surface area contributed by atoms with Gasteiger partial charge in [-0.3, -0.25) is 4.68 Å². The van der Waals surface area contributed by atoms with Gasteiger partial charge in [0.25, 0.3) is 0 Å². The minimum absolute atomic E-state index is 0.000833. The molecule has 1 aromatic rings. The summed E-state index contributed by atoms with van der Waals surface area (Å²) in [6, 6.07) is 0. The summed E-state index contributed by atoms with van der Waals surface area (Å²) in [5, 5.41) is 4.24. The van der Waals surface area contributed by atoms with Crippen molar-refractivity contribution in [3.63, 3.8) is 0 Å². The zero-order valence-corrected chi connectivity index (χ0v) is 12.0. The van der Waals surface area contributed by atoms with Crippen LogP contribution in [0.1, 0.15) is 51.5 Å². The summed E-state index contributed by atoms with van der Waals surface area (Å²) in [4.78, 5) is 0. The predicted molar refractivity (Wildman–Crippen MR) is 75.2 cm³/mol. The van der Waals surface area contributed by atoms with E-state index in [4.69, 9.17) is 5.73 Å². The Morgan fingerprint density at radius 2 is 2.33 bits per heavy atom. The van der Waals surface area contributed by atoms with E-state index in [-0.39, 0.29) is 5.54 Å². The number of nitrogens with two attached hydrogens (primary N) is 1. The normalized spacial score (nSPS) is 28.8. The highest BCUT2D eigenvalue weighted by molar-refractivity contribution is 5.10. The van der Waals surface area contributed by atoms with Crippen LogP contribution in [0.15, 0.2) is 12.4 Å². The average Bonchev–Trinajstić information content (AvgIpc) is 2.62. The number of hydrogen-bond acceptors (Lipinski definition) is 2. The number of hydrogen-bond donors (Lipinski definition) is 1. The molecule has 1 aromatic heterocycles. The summed E-state index contributed by atoms with van der Waals surface area (Å²) in [7, 11) is 1.97. The summed E-state index contributed by atoms with van der Waals surface area (Å²) in [6.07, 6.45) is 11.4. The Balaban J connectivity index is 1.97. The van der Waals surface area contributed by atoms with Crippen molar-refractivity contribution in [1.82, 2.24) is 9.78 Å². The molecule has 1 aliphatic carbocycles. The van der Waals surface area contributed by atoms with Gasteiger partial charge in [-0.25, -0.2) is 0 Å². The number of aromatic nitrogens is 2. The second-order valence-corrected chi connectivity index (χ2v) is 6.65. The van der Waals surface area contributed by atoms with E-state index in [1.54, 1.807) is 0 Å². The van der Waals surface area contributed by atoms with Crippen molar-refractivity contribution in [3.05, 3.63) is 18.0 Å². The molecule has 102 valence electrons. The standard InChI is InChI=1S/C15H27N3/c1-12(2)7-13-5-4-6-15(16,8-13)9-14-10-17-18(3)11-14/h10-13H,4-9,16H2,1-3H3. The van der Waals surface area contributed by atoms with Crippen molar-refractivity contribution in [2.75, 3.05) is 0 Å². The monoisotopic (exact) mass is 249 g/mol. The molecule has 0 saturated heterocycles. The van der Waals surface area contributed by atoms with E-state index in [0.717, 1.165) is 24.7 Å². The number of aryl methyl sites for hydroxylation is 1. The molecule has 0 radical (unpaired) electrons. The third-order valence-electron chi connectivity index (χ3n) is 4.10. The van der Waals surface area contributed by atoms with Gasteiger partial charge >= 0.3 is 0 Å². The van der Waals surface area contributed by atoms with Crippen molar-refractivity contribution >= 4 is 0 Å². The van der Waals surface area contributed by atoms with E-state index in [0.29, 0.717) is 0 Å². The van der Waals surface area contributed by atoms with Gasteiger partial charge in [-0.2, -0.15) is 5.10 Å². The molecular formula is C15H27N3. The first-order chi connectivity index (χ1) is 8.47. The van der Waals surface area contributed by atoms with Crippen LogP contribution < -0.4 is 5.73 Å². The molecule has 3 heteroatoms. The Bertz CT molecular complexity index is 383. The van der Waals surface area contributed by atoms with Gasteiger partial charge in [0.2, 0.25) is 0 Å². The highest BCUT2D eigenvalue weighted by Gasteiger charge is 2.33. The summed E-state index contributed by atoms with van der Waals surface area (Å²) < 4.78 is 1.87. The fraction of sp³-hybridized carbons (Fsp3) is 0.800. The van der Waals surface area contributed by atoms with Crippen LogP contribution in [0.4, 0.5) is 0 Å². The van der Waals surface area contributed by atoms with Gasteiger partial charge < -0.3 is 5.73 Å². The minimum Gasteiger partial charge on any atom is -0.325 e. The van der Waals surface area contributed by atoms with Crippen molar-refractivity contribution in [2.45, 2.75) is 57.9 Å². The van der Waals surface area contributed by atoms with E-state index in [1.165, 1.54) is 31.2 Å². The third kappa shape index (κ3) is 3.58. The van der Waals surface area contributed by atoms with Crippen molar-refractivity contribution in [2.24, 2.45) is 24.6 Å². The van der Waals surface area contributed by atoms with Crippen molar-refractivity contribution in [3.8, 4) is 0 Å². The fourth-order valence-corrected chi connectivity index (χ4v) is 3.52. The first kappa shape index (κ1) is 13.6. The zero-order chi connectivity index (χ0) is 13.2. The van der Waals surface area contributed by atoms with Crippen molar-refractivity contribution < 1.29 is 0 Å². The maximum atomic E-state index is 6.63. The molecule has 1 saturated carbocycles. The molecular weight excluding hydrogens is 222 g/mol. The number of nitrogens with zero attached hydrogens (tertiary/aromatic N) is 2. The second kappa shape index (κ2) is 5.43. The van der Waals surface area contributed by atoms with Crippen LogP contribution in [0.3, 0.4) is 0 Å². The summed E-state index contributed by atoms with van der Waals surface area (Å²) in [5.74, 6) is 1.61. The van der Waals surface area contributed by atoms with Gasteiger partial charge in [0.1, 0.15) is 0 Å². The Labute approximate surface area is 111 Å². The van der Waals surface area contributed by atoms with E-state index >= 15 is 0 Å². The van der Waals surface area contributed by atoms with Crippen LogP contribution in [-0.4, -0.2) is 15.3 Å². The van der Waals surface area contributed by atoms with Crippen LogP contribution >= 0.6 is 0 Å². The van der Waals surface area contributed by atoms with E-state index in [9.17, 15) is 0 Å². The summed E-state index contributed by atoms with van der Waals surface area (Å²) in [6.45, 7) is 4.63. The Morgan fingerprint density at radius 1 is 1.56 bits per heavy atom. The third-order valence-corrected chi connectivity index (χ3v) is 4.10. The lowest BCUT2D eigenvalue weighted by Gasteiger charge is -2.38. The zero-order valence-electron chi connectivity index (χ0n) is 12.0. The van der Waals surface area contributed by atoms with Gasteiger partial charge in [-0.1, -0.05) is 26.7 Å². The summed E-state index contributed by atoms with van der Waals surface area (Å²) >= 11 is 0. The molecule has 1 aliphatic rings. The molecule has 0 bridgehead atoms. The topological polar surface area (TPSA) is 43.8 Å².